The number of hydrogen-bond acceptors (Lipinski definition) is 3. The van der Waals surface area contributed by atoms with E-state index in [0.717, 1.165) is 61.3 Å². The normalized spacial score (nSPS) is 22.6. The molecule has 0 aliphatic carbocycles. The molecule has 1 amide bonds. The van der Waals surface area contributed by atoms with Crippen molar-refractivity contribution in [2.24, 2.45) is 5.41 Å². The number of halogens is 1. The van der Waals surface area contributed by atoms with Crippen LogP contribution in [-0.2, 0) is 17.9 Å². The molecule has 2 aliphatic rings. The van der Waals surface area contributed by atoms with Crippen molar-refractivity contribution in [1.29, 1.82) is 0 Å². The molecule has 6 heteroatoms. The van der Waals surface area contributed by atoms with E-state index in [0.29, 0.717) is 13.1 Å². The van der Waals surface area contributed by atoms with Crippen LogP contribution in [-0.4, -0.2) is 40.3 Å². The van der Waals surface area contributed by atoms with E-state index in [1.807, 2.05) is 18.7 Å². The summed E-state index contributed by atoms with van der Waals surface area (Å²) >= 11 is 0. The van der Waals surface area contributed by atoms with Crippen LogP contribution >= 0.6 is 0 Å². The smallest absolute Gasteiger partial charge is 0.230 e. The van der Waals surface area contributed by atoms with E-state index < -0.39 is 0 Å². The van der Waals surface area contributed by atoms with Gasteiger partial charge in [0.25, 0.3) is 0 Å². The van der Waals surface area contributed by atoms with E-state index in [4.69, 9.17) is 0 Å². The summed E-state index contributed by atoms with van der Waals surface area (Å²) in [6.45, 7) is 7.20. The van der Waals surface area contributed by atoms with E-state index in [2.05, 4.69) is 9.88 Å². The van der Waals surface area contributed by atoms with E-state index in [-0.39, 0.29) is 22.6 Å². The van der Waals surface area contributed by atoms with Gasteiger partial charge in [0.05, 0.1) is 5.41 Å². The Labute approximate surface area is 170 Å². The van der Waals surface area contributed by atoms with Gasteiger partial charge in [-0.2, -0.15) is 0 Å². The van der Waals surface area contributed by atoms with E-state index in [1.54, 1.807) is 18.3 Å². The number of nitrogens with one attached hydrogen (secondary N) is 1. The molecule has 0 radical (unpaired) electrons. The van der Waals surface area contributed by atoms with E-state index >= 15 is 0 Å². The first-order valence-corrected chi connectivity index (χ1v) is 10.3. The summed E-state index contributed by atoms with van der Waals surface area (Å²) in [5, 5.41) is 0. The Kier molecular flexibility index (Phi) is 5.30. The van der Waals surface area contributed by atoms with Crippen molar-refractivity contribution in [3.05, 3.63) is 68.9 Å². The second-order valence-electron chi connectivity index (χ2n) is 8.60. The molecule has 2 aromatic rings. The molecule has 0 saturated carbocycles. The Morgan fingerprint density at radius 2 is 1.83 bits per heavy atom. The van der Waals surface area contributed by atoms with Crippen molar-refractivity contribution in [2.75, 3.05) is 19.6 Å². The molecular formula is C23H28FN3O2. The van der Waals surface area contributed by atoms with E-state index in [9.17, 15) is 14.0 Å². The summed E-state index contributed by atoms with van der Waals surface area (Å²) in [6.07, 6.45) is 4.51. The number of rotatable bonds is 4. The van der Waals surface area contributed by atoms with Crippen molar-refractivity contribution in [3.8, 4) is 0 Å². The summed E-state index contributed by atoms with van der Waals surface area (Å²) in [4.78, 5) is 33.0. The fraction of sp³-hybridized carbons (Fsp3) is 0.478. The molecule has 4 rings (SSSR count). The lowest BCUT2D eigenvalue weighted by atomic mass is 9.78. The Balaban J connectivity index is 1.46. The summed E-state index contributed by atoms with van der Waals surface area (Å²) in [7, 11) is 0. The van der Waals surface area contributed by atoms with Crippen LogP contribution in [0.4, 0.5) is 4.39 Å². The number of carbonyl (C=O) groups excluding carboxylic acids is 1. The molecule has 29 heavy (non-hydrogen) atoms. The first-order valence-electron chi connectivity index (χ1n) is 10.3. The number of likely N-dealkylation sites (tertiary alicyclic amines) is 2. The van der Waals surface area contributed by atoms with Gasteiger partial charge in [0.1, 0.15) is 5.82 Å². The third kappa shape index (κ3) is 3.86. The predicted molar refractivity (Wildman–Crippen MR) is 110 cm³/mol. The number of hydrogen-bond donors (Lipinski definition) is 1. The molecule has 1 aromatic carbocycles. The molecule has 1 atom stereocenters. The van der Waals surface area contributed by atoms with Crippen molar-refractivity contribution in [3.63, 3.8) is 0 Å². The molecule has 2 aliphatic heterocycles. The summed E-state index contributed by atoms with van der Waals surface area (Å²) in [5.41, 5.74) is 3.13. The van der Waals surface area contributed by atoms with Crippen LogP contribution in [0.15, 0.2) is 35.3 Å². The first kappa shape index (κ1) is 19.8. The quantitative estimate of drug-likeness (QED) is 0.862. The fourth-order valence-corrected chi connectivity index (χ4v) is 4.77. The third-order valence-electron chi connectivity index (χ3n) is 6.54. The van der Waals surface area contributed by atoms with Gasteiger partial charge in [0, 0.05) is 49.2 Å². The maximum Gasteiger partial charge on any atom is 0.230 e. The highest BCUT2D eigenvalue weighted by atomic mass is 19.1. The molecule has 154 valence electrons. The van der Waals surface area contributed by atoms with Crippen molar-refractivity contribution in [2.45, 2.75) is 46.2 Å². The zero-order chi connectivity index (χ0) is 20.6. The zero-order valence-electron chi connectivity index (χ0n) is 17.1. The minimum Gasteiger partial charge on any atom is -0.363 e. The number of nitrogens with zero attached hydrogens (tertiary/aromatic N) is 2. The van der Waals surface area contributed by atoms with Gasteiger partial charge in [0.15, 0.2) is 5.43 Å². The molecule has 1 aromatic heterocycles. The number of aryl methyl sites for hydroxylation is 1. The Hall–Kier alpha value is -2.47. The average molecular weight is 397 g/mol. The number of pyridine rings is 1. The number of carbonyl (C=O) groups is 1. The van der Waals surface area contributed by atoms with Crippen LogP contribution in [0.2, 0.25) is 0 Å². The van der Waals surface area contributed by atoms with Crippen molar-refractivity contribution < 1.29 is 9.18 Å². The van der Waals surface area contributed by atoms with Gasteiger partial charge in [-0.3, -0.25) is 14.5 Å². The standard InChI is InChI=1S/C23H28FN3O2/c1-16-12-25-20(17(2)21(16)28)14-26-11-9-23(15-26)8-3-10-27(22(23)29)13-18-4-6-19(24)7-5-18/h4-7,12H,3,8-11,13-15H2,1-2H3,(H,25,28)/t23-/m0/s1. The lowest BCUT2D eigenvalue weighted by molar-refractivity contribution is -0.146. The number of amides is 1. The van der Waals surface area contributed by atoms with Gasteiger partial charge in [0.2, 0.25) is 5.91 Å². The largest absolute Gasteiger partial charge is 0.363 e. The highest BCUT2D eigenvalue weighted by Crippen LogP contribution is 2.41. The van der Waals surface area contributed by atoms with Crippen molar-refractivity contribution in [1.82, 2.24) is 14.8 Å². The number of aromatic amines is 1. The molecule has 5 nitrogen and oxygen atoms in total. The van der Waals surface area contributed by atoms with Gasteiger partial charge in [-0.15, -0.1) is 0 Å². The maximum absolute atomic E-state index is 13.4. The number of benzene rings is 1. The SMILES string of the molecule is Cc1c[nH]c(CN2CC[C@@]3(CCCN(Cc4ccc(F)cc4)C3=O)C2)c(C)c1=O. The second kappa shape index (κ2) is 7.75. The summed E-state index contributed by atoms with van der Waals surface area (Å²) in [5.74, 6) is -0.0456. The Morgan fingerprint density at radius 3 is 2.59 bits per heavy atom. The molecule has 2 fully saturated rings. The number of H-pyrrole nitrogens is 1. The van der Waals surface area contributed by atoms with Crippen LogP contribution in [0.1, 0.15) is 41.6 Å². The molecule has 0 bridgehead atoms. The molecule has 1 spiro atoms. The molecule has 0 unspecified atom stereocenters. The van der Waals surface area contributed by atoms with Gasteiger partial charge in [-0.1, -0.05) is 12.1 Å². The number of piperidine rings is 1. The average Bonchev–Trinajstić information content (AvgIpc) is 3.11. The Morgan fingerprint density at radius 1 is 1.07 bits per heavy atom. The topological polar surface area (TPSA) is 56.4 Å². The van der Waals surface area contributed by atoms with Crippen LogP contribution in [0.5, 0.6) is 0 Å². The maximum atomic E-state index is 13.4. The van der Waals surface area contributed by atoms with Gasteiger partial charge in [-0.25, -0.2) is 4.39 Å². The lowest BCUT2D eigenvalue weighted by Crippen LogP contribution is -2.49. The first-order chi connectivity index (χ1) is 13.9. The summed E-state index contributed by atoms with van der Waals surface area (Å²) < 4.78 is 13.2. The minimum atomic E-state index is -0.336. The van der Waals surface area contributed by atoms with Gasteiger partial charge < -0.3 is 9.88 Å². The van der Waals surface area contributed by atoms with Gasteiger partial charge >= 0.3 is 0 Å². The predicted octanol–water partition coefficient (Wildman–Crippen LogP) is 3.15. The summed E-state index contributed by atoms with van der Waals surface area (Å²) in [6, 6.07) is 6.39. The monoisotopic (exact) mass is 397 g/mol. The highest BCUT2D eigenvalue weighted by molar-refractivity contribution is 5.84. The highest BCUT2D eigenvalue weighted by Gasteiger charge is 2.48. The number of aromatic nitrogens is 1. The fourth-order valence-electron chi connectivity index (χ4n) is 4.77. The molecule has 3 heterocycles. The van der Waals surface area contributed by atoms with E-state index in [1.165, 1.54) is 12.1 Å². The molecule has 1 N–H and O–H groups in total. The van der Waals surface area contributed by atoms with Crippen LogP contribution in [0.25, 0.3) is 0 Å². The minimum absolute atomic E-state index is 0.0897. The van der Waals surface area contributed by atoms with Crippen LogP contribution in [0.3, 0.4) is 0 Å². The molecule has 2 saturated heterocycles. The Bertz CT molecular complexity index is 969. The van der Waals surface area contributed by atoms with Crippen molar-refractivity contribution >= 4 is 5.91 Å². The second-order valence-corrected chi connectivity index (χ2v) is 8.60. The van der Waals surface area contributed by atoms with Crippen LogP contribution in [0, 0.1) is 25.1 Å². The van der Waals surface area contributed by atoms with Crippen LogP contribution < -0.4 is 5.43 Å². The third-order valence-corrected chi connectivity index (χ3v) is 6.54. The molecular weight excluding hydrogens is 369 g/mol. The lowest BCUT2D eigenvalue weighted by Gasteiger charge is -2.39. The van der Waals surface area contributed by atoms with Gasteiger partial charge in [-0.05, 0) is 57.4 Å². The zero-order valence-corrected chi connectivity index (χ0v) is 17.1.